The highest BCUT2D eigenvalue weighted by molar-refractivity contribution is 6.08. The molecule has 4 aliphatic carbocycles. The van der Waals surface area contributed by atoms with Crippen LogP contribution in [-0.2, 0) is 19.1 Å². The standard InChI is InChI=1S/C19H22O7/c1-7-5-18-6-8(7)9(20)3-10(18)19-12(22)4-11(21)17(2,16(25)26-19)14(19)13(18)15(23)24/h8-10,12-14,20,22H,1,3-6H2,2H3,(H,23,24). The minimum absolute atomic E-state index is 0.181. The summed E-state index contributed by atoms with van der Waals surface area (Å²) in [5.41, 5.74) is -2.90. The number of carboxylic acid groups (broad SMARTS) is 1. The minimum atomic E-state index is -1.56. The van der Waals surface area contributed by atoms with Crippen molar-refractivity contribution in [1.82, 2.24) is 0 Å². The molecule has 26 heavy (non-hydrogen) atoms. The highest BCUT2D eigenvalue weighted by atomic mass is 16.6. The molecular weight excluding hydrogens is 340 g/mol. The Kier molecular flexibility index (Phi) is 2.78. The van der Waals surface area contributed by atoms with Crippen LogP contribution in [0.25, 0.3) is 0 Å². The third kappa shape index (κ3) is 1.39. The highest BCUT2D eigenvalue weighted by Crippen LogP contribution is 2.77. The summed E-state index contributed by atoms with van der Waals surface area (Å²) in [5, 5.41) is 31.6. The van der Waals surface area contributed by atoms with Crippen molar-refractivity contribution in [3.63, 3.8) is 0 Å². The molecule has 9 atom stereocenters. The molecule has 1 spiro atoms. The Hall–Kier alpha value is -1.73. The van der Waals surface area contributed by atoms with E-state index in [-0.39, 0.29) is 18.8 Å². The number of ether oxygens (including phenoxy) is 1. The van der Waals surface area contributed by atoms with Crippen molar-refractivity contribution < 1.29 is 34.4 Å². The summed E-state index contributed by atoms with van der Waals surface area (Å²) in [6, 6.07) is 0. The van der Waals surface area contributed by atoms with Gasteiger partial charge in [0.25, 0.3) is 0 Å². The lowest BCUT2D eigenvalue weighted by molar-refractivity contribution is -0.179. The summed E-state index contributed by atoms with van der Waals surface area (Å²) in [4.78, 5) is 37.8. The predicted molar refractivity (Wildman–Crippen MR) is 85.6 cm³/mol. The van der Waals surface area contributed by atoms with E-state index in [0.29, 0.717) is 12.8 Å². The monoisotopic (exact) mass is 362 g/mol. The van der Waals surface area contributed by atoms with Crippen molar-refractivity contribution in [2.24, 2.45) is 34.5 Å². The molecule has 3 N–H and O–H groups in total. The summed E-state index contributed by atoms with van der Waals surface area (Å²) in [6.45, 7) is 5.52. The molecule has 5 rings (SSSR count). The molecule has 1 saturated heterocycles. The summed E-state index contributed by atoms with van der Waals surface area (Å²) in [6.07, 6.45) is -1.06. The number of aliphatic hydroxyl groups excluding tert-OH is 2. The van der Waals surface area contributed by atoms with E-state index >= 15 is 0 Å². The average molecular weight is 362 g/mol. The lowest BCUT2D eigenvalue weighted by atomic mass is 9.58. The van der Waals surface area contributed by atoms with Gasteiger partial charge in [-0.2, -0.15) is 0 Å². The van der Waals surface area contributed by atoms with E-state index in [2.05, 4.69) is 6.58 Å². The summed E-state index contributed by atoms with van der Waals surface area (Å²) < 4.78 is 5.75. The van der Waals surface area contributed by atoms with Gasteiger partial charge in [0.1, 0.15) is 17.1 Å². The van der Waals surface area contributed by atoms with E-state index < -0.39 is 64.1 Å². The van der Waals surface area contributed by atoms with Crippen molar-refractivity contribution >= 4 is 17.7 Å². The number of carboxylic acids is 1. The average Bonchev–Trinajstić information content (AvgIpc) is 3.05. The number of Topliss-reactive ketones (excluding diaryl/α,β-unsaturated/α-hetero) is 1. The number of aliphatic hydroxyl groups is 2. The smallest absolute Gasteiger partial charge is 0.320 e. The molecule has 140 valence electrons. The number of ketones is 1. The predicted octanol–water partition coefficient (Wildman–Crippen LogP) is 0.286. The van der Waals surface area contributed by atoms with Gasteiger partial charge in [-0.15, -0.1) is 0 Å². The van der Waals surface area contributed by atoms with Gasteiger partial charge >= 0.3 is 11.9 Å². The maximum Gasteiger partial charge on any atom is 0.320 e. The molecule has 5 fully saturated rings. The van der Waals surface area contributed by atoms with E-state index in [1.165, 1.54) is 6.92 Å². The fourth-order valence-electron chi connectivity index (χ4n) is 7.43. The normalized spacial score (nSPS) is 57.0. The Labute approximate surface area is 150 Å². The first kappa shape index (κ1) is 16.4. The largest absolute Gasteiger partial charge is 0.481 e. The molecule has 5 aliphatic rings. The third-order valence-corrected chi connectivity index (χ3v) is 8.36. The first-order chi connectivity index (χ1) is 12.1. The van der Waals surface area contributed by atoms with E-state index in [9.17, 15) is 29.7 Å². The number of aliphatic carboxylic acids is 1. The molecule has 7 heteroatoms. The van der Waals surface area contributed by atoms with Crippen LogP contribution in [0.1, 0.15) is 32.6 Å². The molecule has 0 radical (unpaired) electrons. The zero-order valence-corrected chi connectivity index (χ0v) is 14.5. The molecule has 4 saturated carbocycles. The van der Waals surface area contributed by atoms with Gasteiger partial charge in [0.05, 0.1) is 12.0 Å². The third-order valence-electron chi connectivity index (χ3n) is 8.36. The second kappa shape index (κ2) is 4.39. The minimum Gasteiger partial charge on any atom is -0.481 e. The second-order valence-corrected chi connectivity index (χ2v) is 9.12. The summed E-state index contributed by atoms with van der Waals surface area (Å²) >= 11 is 0. The van der Waals surface area contributed by atoms with Crippen LogP contribution in [-0.4, -0.2) is 50.9 Å². The van der Waals surface area contributed by atoms with Gasteiger partial charge in [-0.1, -0.05) is 12.2 Å². The van der Waals surface area contributed by atoms with Crippen LogP contribution in [0.5, 0.6) is 0 Å². The highest BCUT2D eigenvalue weighted by Gasteiger charge is 2.86. The maximum atomic E-state index is 12.7. The van der Waals surface area contributed by atoms with Crippen molar-refractivity contribution in [2.45, 2.75) is 50.4 Å². The molecule has 0 aromatic heterocycles. The number of fused-ring (bicyclic) bond motifs is 1. The number of hydrogen-bond donors (Lipinski definition) is 3. The zero-order chi connectivity index (χ0) is 18.8. The van der Waals surface area contributed by atoms with E-state index in [1.54, 1.807) is 0 Å². The van der Waals surface area contributed by atoms with Crippen LogP contribution in [0.4, 0.5) is 0 Å². The number of hydrogen-bond acceptors (Lipinski definition) is 6. The Balaban J connectivity index is 1.80. The molecule has 7 nitrogen and oxygen atoms in total. The number of rotatable bonds is 1. The molecule has 0 amide bonds. The summed E-state index contributed by atoms with van der Waals surface area (Å²) in [5.74, 6) is -4.85. The first-order valence-electron chi connectivity index (χ1n) is 9.14. The van der Waals surface area contributed by atoms with E-state index in [0.717, 1.165) is 5.57 Å². The molecule has 4 bridgehead atoms. The van der Waals surface area contributed by atoms with Crippen LogP contribution >= 0.6 is 0 Å². The molecule has 9 unspecified atom stereocenters. The van der Waals surface area contributed by atoms with E-state index in [4.69, 9.17) is 4.74 Å². The molecule has 1 aliphatic heterocycles. The maximum absolute atomic E-state index is 12.7. The van der Waals surface area contributed by atoms with Gasteiger partial charge in [-0.05, 0) is 31.6 Å². The van der Waals surface area contributed by atoms with Crippen molar-refractivity contribution in [2.75, 3.05) is 0 Å². The molecular formula is C19H22O7. The van der Waals surface area contributed by atoms with Crippen molar-refractivity contribution in [3.8, 4) is 0 Å². The van der Waals surface area contributed by atoms with Crippen molar-refractivity contribution in [3.05, 3.63) is 12.2 Å². The lowest BCUT2D eigenvalue weighted by Crippen LogP contribution is -2.59. The van der Waals surface area contributed by atoms with E-state index in [1.807, 2.05) is 0 Å². The Morgan fingerprint density at radius 1 is 1.31 bits per heavy atom. The Morgan fingerprint density at radius 2 is 2.00 bits per heavy atom. The fraction of sp³-hybridized carbons (Fsp3) is 0.737. The topological polar surface area (TPSA) is 121 Å². The SMILES string of the molecule is C=C1CC23CC1C(O)CC2C12OC(=O)C(C)(C(=O)CC1O)C2C3C(=O)O. The van der Waals surface area contributed by atoms with Crippen LogP contribution in [0.3, 0.4) is 0 Å². The molecule has 0 aromatic carbocycles. The van der Waals surface area contributed by atoms with Crippen LogP contribution in [0.2, 0.25) is 0 Å². The molecule has 1 heterocycles. The van der Waals surface area contributed by atoms with Gasteiger partial charge in [0.15, 0.2) is 5.78 Å². The quantitative estimate of drug-likeness (QED) is 0.348. The number of carbonyl (C=O) groups excluding carboxylic acids is 2. The second-order valence-electron chi connectivity index (χ2n) is 9.12. The Bertz CT molecular complexity index is 789. The lowest BCUT2D eigenvalue weighted by Gasteiger charge is -2.46. The van der Waals surface area contributed by atoms with Crippen LogP contribution in [0, 0.1) is 34.5 Å². The van der Waals surface area contributed by atoms with Crippen molar-refractivity contribution in [1.29, 1.82) is 0 Å². The van der Waals surface area contributed by atoms with Gasteiger partial charge in [-0.3, -0.25) is 14.4 Å². The van der Waals surface area contributed by atoms with Gasteiger partial charge in [-0.25, -0.2) is 0 Å². The number of carbonyl (C=O) groups is 3. The Morgan fingerprint density at radius 3 is 2.65 bits per heavy atom. The number of esters is 1. The first-order valence-corrected chi connectivity index (χ1v) is 9.14. The van der Waals surface area contributed by atoms with Gasteiger partial charge < -0.3 is 20.1 Å². The zero-order valence-electron chi connectivity index (χ0n) is 14.5. The van der Waals surface area contributed by atoms with Gasteiger partial charge in [0, 0.05) is 24.2 Å². The van der Waals surface area contributed by atoms with Crippen LogP contribution < -0.4 is 0 Å². The van der Waals surface area contributed by atoms with Gasteiger partial charge in [0.2, 0.25) is 0 Å². The molecule has 0 aromatic rings. The van der Waals surface area contributed by atoms with Crippen LogP contribution in [0.15, 0.2) is 12.2 Å². The summed E-state index contributed by atoms with van der Waals surface area (Å²) in [7, 11) is 0. The fourth-order valence-corrected chi connectivity index (χ4v) is 7.43.